The first-order chi connectivity index (χ1) is 9.73. The van der Waals surface area contributed by atoms with Crippen LogP contribution >= 0.6 is 11.3 Å². The van der Waals surface area contributed by atoms with Gasteiger partial charge in [0.05, 0.1) is 10.2 Å². The number of aromatic nitrogens is 1. The average Bonchev–Trinajstić information content (AvgIpc) is 2.66. The topological polar surface area (TPSA) is 42.0 Å². The molecule has 0 aliphatic rings. The van der Waals surface area contributed by atoms with E-state index in [0.717, 1.165) is 16.6 Å². The van der Waals surface area contributed by atoms with Gasteiger partial charge in [0.2, 0.25) is 5.91 Å². The van der Waals surface area contributed by atoms with Crippen LogP contribution in [0.25, 0.3) is 10.2 Å². The number of benzene rings is 1. The SMILES string of the molecule is Cc1ccc2nc(NC(=O)CC(C)CC(C)(C)C)sc2c1. The molecule has 0 saturated heterocycles. The molecule has 2 aromatic rings. The molecule has 0 aliphatic heterocycles. The van der Waals surface area contributed by atoms with Crippen LogP contribution in [0.4, 0.5) is 5.13 Å². The summed E-state index contributed by atoms with van der Waals surface area (Å²) in [5, 5.41) is 3.63. The monoisotopic (exact) mass is 304 g/mol. The van der Waals surface area contributed by atoms with Gasteiger partial charge in [-0.25, -0.2) is 4.98 Å². The Kier molecular flexibility index (Phi) is 4.67. The van der Waals surface area contributed by atoms with E-state index in [2.05, 4.69) is 51.0 Å². The summed E-state index contributed by atoms with van der Waals surface area (Å²) in [6, 6.07) is 6.14. The van der Waals surface area contributed by atoms with Crippen LogP contribution in [0.15, 0.2) is 18.2 Å². The van der Waals surface area contributed by atoms with Gasteiger partial charge in [0.1, 0.15) is 0 Å². The second kappa shape index (κ2) is 6.14. The number of fused-ring (bicyclic) bond motifs is 1. The Balaban J connectivity index is 1.98. The molecular weight excluding hydrogens is 280 g/mol. The van der Waals surface area contributed by atoms with Gasteiger partial charge in [-0.2, -0.15) is 0 Å². The fourth-order valence-electron chi connectivity index (χ4n) is 2.69. The summed E-state index contributed by atoms with van der Waals surface area (Å²) in [5.41, 5.74) is 2.42. The maximum atomic E-state index is 12.1. The van der Waals surface area contributed by atoms with Gasteiger partial charge in [0.25, 0.3) is 0 Å². The molecule has 4 heteroatoms. The number of carbonyl (C=O) groups excluding carboxylic acids is 1. The zero-order chi connectivity index (χ0) is 15.6. The van der Waals surface area contributed by atoms with Gasteiger partial charge >= 0.3 is 0 Å². The number of amides is 1. The van der Waals surface area contributed by atoms with Crippen LogP contribution in [0, 0.1) is 18.3 Å². The number of thiazole rings is 1. The second-order valence-electron chi connectivity index (χ2n) is 7.11. The molecule has 0 aliphatic carbocycles. The lowest BCUT2D eigenvalue weighted by atomic mass is 9.84. The predicted octanol–water partition coefficient (Wildman–Crippen LogP) is 5.01. The Morgan fingerprint density at radius 2 is 2.10 bits per heavy atom. The Morgan fingerprint density at radius 3 is 2.76 bits per heavy atom. The summed E-state index contributed by atoms with van der Waals surface area (Å²) < 4.78 is 1.12. The number of hydrogen-bond donors (Lipinski definition) is 1. The molecule has 0 fully saturated rings. The van der Waals surface area contributed by atoms with Gasteiger partial charge in [0, 0.05) is 6.42 Å². The molecule has 1 aromatic carbocycles. The van der Waals surface area contributed by atoms with Gasteiger partial charge in [-0.15, -0.1) is 0 Å². The number of nitrogens with zero attached hydrogens (tertiary/aromatic N) is 1. The highest BCUT2D eigenvalue weighted by Gasteiger charge is 2.18. The van der Waals surface area contributed by atoms with Crippen LogP contribution < -0.4 is 5.32 Å². The quantitative estimate of drug-likeness (QED) is 0.863. The largest absolute Gasteiger partial charge is 0.302 e. The third kappa shape index (κ3) is 4.81. The molecule has 1 amide bonds. The smallest absolute Gasteiger partial charge is 0.226 e. The highest BCUT2D eigenvalue weighted by molar-refractivity contribution is 7.22. The van der Waals surface area contributed by atoms with E-state index in [-0.39, 0.29) is 11.3 Å². The van der Waals surface area contributed by atoms with Crippen molar-refractivity contribution >= 4 is 32.6 Å². The van der Waals surface area contributed by atoms with E-state index in [4.69, 9.17) is 0 Å². The molecule has 0 radical (unpaired) electrons. The zero-order valence-corrected chi connectivity index (χ0v) is 14.3. The molecule has 3 nitrogen and oxygen atoms in total. The van der Waals surface area contributed by atoms with Crippen LogP contribution in [0.5, 0.6) is 0 Å². The third-order valence-electron chi connectivity index (χ3n) is 3.28. The number of aryl methyl sites for hydroxylation is 1. The number of nitrogens with one attached hydrogen (secondary N) is 1. The molecule has 1 unspecified atom stereocenters. The summed E-state index contributed by atoms with van der Waals surface area (Å²) in [4.78, 5) is 16.6. The lowest BCUT2D eigenvalue weighted by molar-refractivity contribution is -0.117. The van der Waals surface area contributed by atoms with E-state index < -0.39 is 0 Å². The highest BCUT2D eigenvalue weighted by atomic mass is 32.1. The van der Waals surface area contributed by atoms with Crippen molar-refractivity contribution in [2.24, 2.45) is 11.3 Å². The van der Waals surface area contributed by atoms with Gasteiger partial charge in [-0.1, -0.05) is 45.1 Å². The van der Waals surface area contributed by atoms with Gasteiger partial charge < -0.3 is 5.32 Å². The van der Waals surface area contributed by atoms with Crippen molar-refractivity contribution in [3.8, 4) is 0 Å². The second-order valence-corrected chi connectivity index (χ2v) is 8.14. The fraction of sp³-hybridized carbons (Fsp3) is 0.529. The lowest BCUT2D eigenvalue weighted by Gasteiger charge is -2.22. The van der Waals surface area contributed by atoms with Crippen LogP contribution in [0.3, 0.4) is 0 Å². The minimum absolute atomic E-state index is 0.0579. The normalized spacial score (nSPS) is 13.4. The summed E-state index contributed by atoms with van der Waals surface area (Å²) in [5.74, 6) is 0.434. The van der Waals surface area contributed by atoms with Crippen molar-refractivity contribution < 1.29 is 4.79 Å². The van der Waals surface area contributed by atoms with Gasteiger partial charge in [-0.3, -0.25) is 4.79 Å². The molecule has 0 saturated carbocycles. The summed E-state index contributed by atoms with van der Waals surface area (Å²) in [6.45, 7) is 10.8. The van der Waals surface area contributed by atoms with Crippen molar-refractivity contribution in [1.29, 1.82) is 0 Å². The first kappa shape index (κ1) is 16.0. The Hall–Kier alpha value is -1.42. The maximum Gasteiger partial charge on any atom is 0.226 e. The standard InChI is InChI=1S/C17H24N2OS/c1-11-6-7-13-14(8-11)21-16(18-13)19-15(20)9-12(2)10-17(3,4)5/h6-8,12H,9-10H2,1-5H3,(H,18,19,20). The van der Waals surface area contributed by atoms with Crippen LogP contribution in [-0.2, 0) is 4.79 Å². The minimum atomic E-state index is 0.0579. The molecule has 2 rings (SSSR count). The zero-order valence-electron chi connectivity index (χ0n) is 13.5. The van der Waals surface area contributed by atoms with Gasteiger partial charge in [0.15, 0.2) is 5.13 Å². The molecule has 0 spiro atoms. The Morgan fingerprint density at radius 1 is 1.38 bits per heavy atom. The minimum Gasteiger partial charge on any atom is -0.302 e. The van der Waals surface area contributed by atoms with E-state index in [1.54, 1.807) is 0 Å². The van der Waals surface area contributed by atoms with Crippen molar-refractivity contribution in [1.82, 2.24) is 4.98 Å². The van der Waals surface area contributed by atoms with E-state index in [1.807, 2.05) is 12.1 Å². The first-order valence-electron chi connectivity index (χ1n) is 7.40. The molecule has 1 aromatic heterocycles. The average molecular weight is 304 g/mol. The van der Waals surface area contributed by atoms with E-state index in [1.165, 1.54) is 16.9 Å². The van der Waals surface area contributed by atoms with Crippen molar-refractivity contribution in [2.75, 3.05) is 5.32 Å². The van der Waals surface area contributed by atoms with E-state index in [9.17, 15) is 4.79 Å². The predicted molar refractivity (Wildman–Crippen MR) is 90.8 cm³/mol. The molecule has 1 heterocycles. The number of hydrogen-bond acceptors (Lipinski definition) is 3. The first-order valence-corrected chi connectivity index (χ1v) is 8.22. The molecule has 1 N–H and O–H groups in total. The maximum absolute atomic E-state index is 12.1. The van der Waals surface area contributed by atoms with Crippen LogP contribution in [0.1, 0.15) is 46.1 Å². The third-order valence-corrected chi connectivity index (χ3v) is 4.22. The Labute approximate surface area is 130 Å². The van der Waals surface area contributed by atoms with Crippen molar-refractivity contribution in [2.45, 2.75) is 47.5 Å². The number of rotatable bonds is 4. The van der Waals surface area contributed by atoms with Gasteiger partial charge in [-0.05, 0) is 42.4 Å². The molecule has 21 heavy (non-hydrogen) atoms. The van der Waals surface area contributed by atoms with Crippen LogP contribution in [-0.4, -0.2) is 10.9 Å². The highest BCUT2D eigenvalue weighted by Crippen LogP contribution is 2.28. The Bertz CT molecular complexity index is 640. The molecule has 114 valence electrons. The molecule has 0 bridgehead atoms. The number of anilines is 1. The van der Waals surface area contributed by atoms with Crippen LogP contribution in [0.2, 0.25) is 0 Å². The van der Waals surface area contributed by atoms with E-state index >= 15 is 0 Å². The molecular formula is C17H24N2OS. The van der Waals surface area contributed by atoms with Crippen molar-refractivity contribution in [3.63, 3.8) is 0 Å². The van der Waals surface area contributed by atoms with Crippen molar-refractivity contribution in [3.05, 3.63) is 23.8 Å². The lowest BCUT2D eigenvalue weighted by Crippen LogP contribution is -2.18. The summed E-state index contributed by atoms with van der Waals surface area (Å²) in [6.07, 6.45) is 1.59. The molecule has 1 atom stereocenters. The fourth-order valence-corrected chi connectivity index (χ4v) is 3.67. The summed E-state index contributed by atoms with van der Waals surface area (Å²) >= 11 is 1.54. The van der Waals surface area contributed by atoms with E-state index in [0.29, 0.717) is 17.5 Å². The summed E-state index contributed by atoms with van der Waals surface area (Å²) in [7, 11) is 0. The number of carbonyl (C=O) groups is 1.